The topological polar surface area (TPSA) is 20.3 Å². The van der Waals surface area contributed by atoms with Gasteiger partial charge in [-0.1, -0.05) is 42.5 Å². The Bertz CT molecular complexity index is 787. The van der Waals surface area contributed by atoms with E-state index in [2.05, 4.69) is 17.0 Å². The van der Waals surface area contributed by atoms with Crippen LogP contribution in [0.15, 0.2) is 54.6 Å². The molecule has 2 atom stereocenters. The van der Waals surface area contributed by atoms with Crippen molar-refractivity contribution in [3.05, 3.63) is 71.3 Å². The minimum absolute atomic E-state index is 0.0139. The van der Waals surface area contributed by atoms with Gasteiger partial charge in [0.2, 0.25) is 0 Å². The second kappa shape index (κ2) is 7.12. The molecule has 2 heterocycles. The van der Waals surface area contributed by atoms with E-state index in [0.717, 1.165) is 44.4 Å². The van der Waals surface area contributed by atoms with Gasteiger partial charge in [-0.05, 0) is 43.4 Å². The summed E-state index contributed by atoms with van der Waals surface area (Å²) in [5.74, 6) is -0.105. The van der Waals surface area contributed by atoms with Gasteiger partial charge in [0.25, 0.3) is 0 Å². The van der Waals surface area contributed by atoms with Gasteiger partial charge in [0, 0.05) is 30.1 Å². The first kappa shape index (κ1) is 18.2. The molecule has 2 aromatic rings. The molecule has 0 spiro atoms. The Hall–Kier alpha value is -2.14. The number of benzene rings is 2. The van der Waals surface area contributed by atoms with E-state index in [9.17, 15) is 18.0 Å². The maximum Gasteiger partial charge on any atom is 0.416 e. The molecule has 0 radical (unpaired) electrons. The van der Waals surface area contributed by atoms with Crippen molar-refractivity contribution in [1.82, 2.24) is 4.90 Å². The van der Waals surface area contributed by atoms with Crippen molar-refractivity contribution in [2.75, 3.05) is 0 Å². The fraction of sp³-hybridized carbons (Fsp3) is 0.409. The van der Waals surface area contributed by atoms with Crippen LogP contribution < -0.4 is 0 Å². The van der Waals surface area contributed by atoms with Gasteiger partial charge < -0.3 is 0 Å². The summed E-state index contributed by atoms with van der Waals surface area (Å²) in [6.07, 6.45) is -0.599. The summed E-state index contributed by atoms with van der Waals surface area (Å²) in [5.41, 5.74) is 0.961. The number of halogens is 3. The van der Waals surface area contributed by atoms with E-state index in [1.807, 2.05) is 18.2 Å². The summed E-state index contributed by atoms with van der Waals surface area (Å²) >= 11 is 0. The van der Waals surface area contributed by atoms with Crippen LogP contribution in [-0.2, 0) is 12.7 Å². The highest BCUT2D eigenvalue weighted by Crippen LogP contribution is 2.41. The number of hydrogen-bond acceptors (Lipinski definition) is 2. The molecule has 2 saturated heterocycles. The largest absolute Gasteiger partial charge is 0.416 e. The molecule has 2 aliphatic rings. The average Bonchev–Trinajstić information content (AvgIpc) is 2.89. The number of alkyl halides is 3. The number of carbonyl (C=O) groups is 1. The standard InChI is InChI=1S/C22H22F3NO/c23-22(24,25)18-8-6-16(7-9-18)21(27)17-12-19-10-11-20(13-17)26(19)14-15-4-2-1-3-5-15/h1-9,17,19-20H,10-14H2. The Kier molecular flexibility index (Phi) is 4.81. The molecule has 0 aromatic heterocycles. The molecule has 2 nitrogen and oxygen atoms in total. The van der Waals surface area contributed by atoms with Crippen molar-refractivity contribution in [3.8, 4) is 0 Å². The van der Waals surface area contributed by atoms with Crippen molar-refractivity contribution >= 4 is 5.78 Å². The van der Waals surface area contributed by atoms with Gasteiger partial charge in [0.15, 0.2) is 5.78 Å². The molecular weight excluding hydrogens is 351 g/mol. The van der Waals surface area contributed by atoms with E-state index >= 15 is 0 Å². The van der Waals surface area contributed by atoms with Gasteiger partial charge in [-0.3, -0.25) is 9.69 Å². The zero-order valence-electron chi connectivity index (χ0n) is 15.0. The summed E-state index contributed by atoms with van der Waals surface area (Å²) in [6, 6.07) is 15.8. The Balaban J connectivity index is 1.44. The quantitative estimate of drug-likeness (QED) is 0.675. The highest BCUT2D eigenvalue weighted by molar-refractivity contribution is 5.98. The van der Waals surface area contributed by atoms with Crippen LogP contribution in [0.1, 0.15) is 47.2 Å². The molecule has 0 amide bonds. The maximum absolute atomic E-state index is 12.8. The second-order valence-electron chi connectivity index (χ2n) is 7.65. The van der Waals surface area contributed by atoms with Gasteiger partial charge in [-0.15, -0.1) is 0 Å². The van der Waals surface area contributed by atoms with E-state index in [0.29, 0.717) is 17.6 Å². The highest BCUT2D eigenvalue weighted by atomic mass is 19.4. The van der Waals surface area contributed by atoms with Crippen LogP contribution in [0.3, 0.4) is 0 Å². The lowest BCUT2D eigenvalue weighted by atomic mass is 9.84. The lowest BCUT2D eigenvalue weighted by Crippen LogP contribution is -2.44. The van der Waals surface area contributed by atoms with E-state index in [1.54, 1.807) is 0 Å². The molecule has 2 fully saturated rings. The summed E-state index contributed by atoms with van der Waals surface area (Å²) < 4.78 is 38.2. The molecule has 2 bridgehead atoms. The first-order valence-electron chi connectivity index (χ1n) is 9.43. The van der Waals surface area contributed by atoms with Crippen LogP contribution in [-0.4, -0.2) is 22.8 Å². The molecule has 4 rings (SSSR count). The molecule has 142 valence electrons. The monoisotopic (exact) mass is 373 g/mol. The highest BCUT2D eigenvalue weighted by Gasteiger charge is 2.42. The van der Waals surface area contributed by atoms with Crippen LogP contribution in [0.4, 0.5) is 13.2 Å². The first-order valence-corrected chi connectivity index (χ1v) is 9.43. The van der Waals surface area contributed by atoms with E-state index in [4.69, 9.17) is 0 Å². The zero-order valence-corrected chi connectivity index (χ0v) is 15.0. The Morgan fingerprint density at radius 3 is 2.07 bits per heavy atom. The third kappa shape index (κ3) is 3.79. The van der Waals surface area contributed by atoms with Crippen LogP contribution in [0.2, 0.25) is 0 Å². The smallest absolute Gasteiger partial charge is 0.294 e. The predicted octanol–water partition coefficient (Wildman–Crippen LogP) is 5.33. The number of fused-ring (bicyclic) bond motifs is 2. The molecule has 0 saturated carbocycles. The molecule has 0 aliphatic carbocycles. The average molecular weight is 373 g/mol. The van der Waals surface area contributed by atoms with Crippen molar-refractivity contribution in [3.63, 3.8) is 0 Å². The fourth-order valence-corrected chi connectivity index (χ4v) is 4.60. The Morgan fingerprint density at radius 2 is 1.52 bits per heavy atom. The molecule has 27 heavy (non-hydrogen) atoms. The minimum atomic E-state index is -4.37. The molecule has 2 aromatic carbocycles. The van der Waals surface area contributed by atoms with Gasteiger partial charge in [0.05, 0.1) is 5.56 Å². The van der Waals surface area contributed by atoms with E-state index in [-0.39, 0.29) is 11.7 Å². The number of rotatable bonds is 4. The SMILES string of the molecule is O=C(c1ccc(C(F)(F)F)cc1)C1CC2CCC(C1)N2Cc1ccccc1. The third-order valence-electron chi connectivity index (χ3n) is 5.96. The van der Waals surface area contributed by atoms with Crippen molar-refractivity contribution in [1.29, 1.82) is 0 Å². The number of Topliss-reactive ketones (excluding diaryl/α,β-unsaturated/α-hetero) is 1. The van der Waals surface area contributed by atoms with Crippen molar-refractivity contribution < 1.29 is 18.0 Å². The van der Waals surface area contributed by atoms with Gasteiger partial charge in [-0.25, -0.2) is 0 Å². The third-order valence-corrected chi connectivity index (χ3v) is 5.96. The summed E-state index contributed by atoms with van der Waals surface area (Å²) in [6.45, 7) is 0.900. The number of carbonyl (C=O) groups excluding carboxylic acids is 1. The van der Waals surface area contributed by atoms with Crippen LogP contribution in [0.25, 0.3) is 0 Å². The van der Waals surface area contributed by atoms with Crippen molar-refractivity contribution in [2.24, 2.45) is 5.92 Å². The van der Waals surface area contributed by atoms with Crippen LogP contribution >= 0.6 is 0 Å². The number of piperidine rings is 1. The van der Waals surface area contributed by atoms with Crippen LogP contribution in [0, 0.1) is 5.92 Å². The van der Waals surface area contributed by atoms with Gasteiger partial charge in [0.1, 0.15) is 0 Å². The lowest BCUT2D eigenvalue weighted by Gasteiger charge is -2.38. The predicted molar refractivity (Wildman–Crippen MR) is 97.3 cm³/mol. The fourth-order valence-electron chi connectivity index (χ4n) is 4.60. The van der Waals surface area contributed by atoms with Crippen LogP contribution in [0.5, 0.6) is 0 Å². The molecule has 2 aliphatic heterocycles. The Morgan fingerprint density at radius 1 is 0.926 bits per heavy atom. The van der Waals surface area contributed by atoms with E-state index in [1.165, 1.54) is 17.7 Å². The number of ketones is 1. The molecule has 2 unspecified atom stereocenters. The minimum Gasteiger partial charge on any atom is -0.294 e. The summed E-state index contributed by atoms with van der Waals surface area (Å²) in [7, 11) is 0. The van der Waals surface area contributed by atoms with Gasteiger partial charge >= 0.3 is 6.18 Å². The van der Waals surface area contributed by atoms with E-state index < -0.39 is 11.7 Å². The normalized spacial score (nSPS) is 25.5. The maximum atomic E-state index is 12.8. The second-order valence-corrected chi connectivity index (χ2v) is 7.65. The lowest BCUT2D eigenvalue weighted by molar-refractivity contribution is -0.137. The first-order chi connectivity index (χ1) is 12.9. The Labute approximate surface area is 157 Å². The number of hydrogen-bond donors (Lipinski definition) is 0. The molecular formula is C22H22F3NO. The number of nitrogens with zero attached hydrogens (tertiary/aromatic N) is 1. The summed E-state index contributed by atoms with van der Waals surface area (Å²) in [5, 5.41) is 0. The zero-order chi connectivity index (χ0) is 19.0. The van der Waals surface area contributed by atoms with Crippen molar-refractivity contribution in [2.45, 2.75) is 50.5 Å². The molecule has 5 heteroatoms. The summed E-state index contributed by atoms with van der Waals surface area (Å²) in [4.78, 5) is 15.4. The molecule has 0 N–H and O–H groups in total. The van der Waals surface area contributed by atoms with Gasteiger partial charge in [-0.2, -0.15) is 13.2 Å².